The fourth-order valence-electron chi connectivity index (χ4n) is 3.34. The summed E-state index contributed by atoms with van der Waals surface area (Å²) in [6, 6.07) is 10.7. The van der Waals surface area contributed by atoms with Crippen LogP contribution in [0.3, 0.4) is 0 Å². The Hall–Kier alpha value is -1.01. The van der Waals surface area contributed by atoms with Crippen LogP contribution in [0.15, 0.2) is 28.7 Å². The van der Waals surface area contributed by atoms with E-state index in [4.69, 9.17) is 0 Å². The van der Waals surface area contributed by atoms with Crippen LogP contribution in [-0.2, 0) is 0 Å². The van der Waals surface area contributed by atoms with Crippen LogP contribution in [0.4, 0.5) is 5.69 Å². The molecule has 3 heteroatoms. The van der Waals surface area contributed by atoms with Gasteiger partial charge in [-0.1, -0.05) is 15.9 Å². The molecular formula is C16H19BrN2. The number of nitrogens with zero attached hydrogens (tertiary/aromatic N) is 1. The lowest BCUT2D eigenvalue weighted by Crippen LogP contribution is -2.42. The van der Waals surface area contributed by atoms with Crippen molar-refractivity contribution in [3.05, 3.63) is 28.7 Å². The van der Waals surface area contributed by atoms with E-state index in [1.165, 1.54) is 25.7 Å². The molecule has 2 aliphatic rings. The zero-order chi connectivity index (χ0) is 13.3. The average molecular weight is 319 g/mol. The van der Waals surface area contributed by atoms with Crippen molar-refractivity contribution in [3.63, 3.8) is 0 Å². The van der Waals surface area contributed by atoms with Gasteiger partial charge in [-0.05, 0) is 74.6 Å². The fourth-order valence-corrected chi connectivity index (χ4v) is 3.60. The molecule has 0 heterocycles. The maximum Gasteiger partial charge on any atom is 0.125 e. The highest BCUT2D eigenvalue weighted by molar-refractivity contribution is 9.10. The molecule has 19 heavy (non-hydrogen) atoms. The van der Waals surface area contributed by atoms with Crippen LogP contribution in [0.5, 0.6) is 0 Å². The third kappa shape index (κ3) is 2.95. The van der Waals surface area contributed by atoms with E-state index in [1.54, 1.807) is 0 Å². The largest absolute Gasteiger partial charge is 0.367 e. The van der Waals surface area contributed by atoms with Crippen LogP contribution < -0.4 is 5.32 Å². The van der Waals surface area contributed by atoms with Gasteiger partial charge in [0.25, 0.3) is 0 Å². The lowest BCUT2D eigenvalue weighted by atomic mass is 9.74. The van der Waals surface area contributed by atoms with Crippen LogP contribution >= 0.6 is 15.9 Å². The van der Waals surface area contributed by atoms with Crippen molar-refractivity contribution in [1.82, 2.24) is 0 Å². The molecule has 100 valence electrons. The lowest BCUT2D eigenvalue weighted by Gasteiger charge is -2.37. The van der Waals surface area contributed by atoms with Gasteiger partial charge in [-0.2, -0.15) is 5.26 Å². The predicted molar refractivity (Wildman–Crippen MR) is 80.8 cm³/mol. The molecule has 1 N–H and O–H groups in total. The molecule has 2 unspecified atom stereocenters. The summed E-state index contributed by atoms with van der Waals surface area (Å²) in [7, 11) is 0. The van der Waals surface area contributed by atoms with E-state index in [-0.39, 0.29) is 5.54 Å². The quantitative estimate of drug-likeness (QED) is 0.875. The van der Waals surface area contributed by atoms with Gasteiger partial charge in [0.1, 0.15) is 5.54 Å². The van der Waals surface area contributed by atoms with Gasteiger partial charge in [0, 0.05) is 10.2 Å². The average Bonchev–Trinajstić information content (AvgIpc) is 3.26. The van der Waals surface area contributed by atoms with E-state index in [0.717, 1.165) is 34.8 Å². The summed E-state index contributed by atoms with van der Waals surface area (Å²) in [4.78, 5) is 0. The number of nitrogens with one attached hydrogen (secondary N) is 1. The molecule has 2 saturated carbocycles. The number of halogens is 1. The Morgan fingerprint density at radius 2 is 1.89 bits per heavy atom. The summed E-state index contributed by atoms with van der Waals surface area (Å²) in [5.74, 6) is 1.66. The van der Waals surface area contributed by atoms with Gasteiger partial charge in [-0.3, -0.25) is 0 Å². The van der Waals surface area contributed by atoms with Gasteiger partial charge >= 0.3 is 0 Å². The smallest absolute Gasteiger partial charge is 0.125 e. The molecule has 0 bridgehead atoms. The summed E-state index contributed by atoms with van der Waals surface area (Å²) in [5, 5.41) is 13.2. The third-order valence-corrected chi connectivity index (χ3v) is 5.05. The maximum atomic E-state index is 9.66. The van der Waals surface area contributed by atoms with E-state index in [2.05, 4.69) is 27.3 Å². The Morgan fingerprint density at radius 1 is 1.16 bits per heavy atom. The van der Waals surface area contributed by atoms with Crippen LogP contribution in [-0.4, -0.2) is 5.54 Å². The Labute approximate surface area is 123 Å². The summed E-state index contributed by atoms with van der Waals surface area (Å²) >= 11 is 3.45. The molecule has 2 fully saturated rings. The summed E-state index contributed by atoms with van der Waals surface area (Å²) in [6.45, 7) is 0. The molecule has 1 aromatic rings. The minimum atomic E-state index is -0.348. The first kappa shape index (κ1) is 13.0. The van der Waals surface area contributed by atoms with Crippen LogP contribution in [0.2, 0.25) is 0 Å². The van der Waals surface area contributed by atoms with E-state index >= 15 is 0 Å². The Bertz CT molecular complexity index is 486. The fraction of sp³-hybridized carbons (Fsp3) is 0.562. The molecule has 0 aliphatic heterocycles. The van der Waals surface area contributed by atoms with E-state index < -0.39 is 0 Å². The monoisotopic (exact) mass is 318 g/mol. The summed E-state index contributed by atoms with van der Waals surface area (Å²) in [6.07, 6.45) is 7.25. The normalized spacial score (nSPS) is 30.6. The van der Waals surface area contributed by atoms with Crippen LogP contribution in [0.25, 0.3) is 0 Å². The highest BCUT2D eigenvalue weighted by atomic mass is 79.9. The molecule has 0 amide bonds. The molecule has 1 aromatic carbocycles. The summed E-state index contributed by atoms with van der Waals surface area (Å²) < 4.78 is 1.07. The highest BCUT2D eigenvalue weighted by Crippen LogP contribution is 2.47. The lowest BCUT2D eigenvalue weighted by molar-refractivity contribution is 0.263. The van der Waals surface area contributed by atoms with Gasteiger partial charge in [-0.25, -0.2) is 0 Å². The highest BCUT2D eigenvalue weighted by Gasteiger charge is 2.42. The Balaban J connectivity index is 1.74. The maximum absolute atomic E-state index is 9.66. The van der Waals surface area contributed by atoms with Crippen molar-refractivity contribution in [3.8, 4) is 6.07 Å². The predicted octanol–water partition coefficient (Wildman–Crippen LogP) is 4.72. The SMILES string of the molecule is N#CC1(Nc2ccc(Br)cc2)CCCC(C2CC2)C1. The number of benzene rings is 1. The van der Waals surface area contributed by atoms with Gasteiger partial charge in [-0.15, -0.1) is 0 Å². The first-order chi connectivity index (χ1) is 9.21. The second-order valence-electron chi connectivity index (χ2n) is 6.02. The molecule has 0 spiro atoms. The molecule has 0 saturated heterocycles. The van der Waals surface area contributed by atoms with Gasteiger partial charge in [0.05, 0.1) is 6.07 Å². The number of nitriles is 1. The second kappa shape index (κ2) is 5.17. The van der Waals surface area contributed by atoms with Crippen molar-refractivity contribution in [2.45, 2.75) is 44.1 Å². The number of hydrogen-bond donors (Lipinski definition) is 1. The molecule has 2 atom stereocenters. The number of rotatable bonds is 3. The minimum absolute atomic E-state index is 0.348. The van der Waals surface area contributed by atoms with Crippen molar-refractivity contribution >= 4 is 21.6 Å². The molecular weight excluding hydrogens is 300 g/mol. The Kier molecular flexibility index (Phi) is 3.54. The van der Waals surface area contributed by atoms with Crippen LogP contribution in [0.1, 0.15) is 38.5 Å². The van der Waals surface area contributed by atoms with Gasteiger partial charge < -0.3 is 5.32 Å². The van der Waals surface area contributed by atoms with E-state index in [9.17, 15) is 5.26 Å². The Morgan fingerprint density at radius 3 is 2.53 bits per heavy atom. The first-order valence-corrected chi connectivity index (χ1v) is 7.95. The number of hydrogen-bond acceptors (Lipinski definition) is 2. The molecule has 0 aromatic heterocycles. The number of anilines is 1. The topological polar surface area (TPSA) is 35.8 Å². The van der Waals surface area contributed by atoms with Crippen molar-refractivity contribution < 1.29 is 0 Å². The van der Waals surface area contributed by atoms with E-state index in [0.29, 0.717) is 0 Å². The van der Waals surface area contributed by atoms with Crippen molar-refractivity contribution in [2.75, 3.05) is 5.32 Å². The molecule has 2 aliphatic carbocycles. The van der Waals surface area contributed by atoms with Gasteiger partial charge in [0.15, 0.2) is 0 Å². The zero-order valence-corrected chi connectivity index (χ0v) is 12.6. The minimum Gasteiger partial charge on any atom is -0.367 e. The standard InChI is InChI=1S/C16H19BrN2/c17-14-5-7-15(8-6-14)19-16(11-18)9-1-2-13(10-16)12-3-4-12/h5-8,12-13,19H,1-4,9-10H2. The zero-order valence-electron chi connectivity index (χ0n) is 11.0. The summed E-state index contributed by atoms with van der Waals surface area (Å²) in [5.41, 5.74) is 0.709. The van der Waals surface area contributed by atoms with Gasteiger partial charge in [0.2, 0.25) is 0 Å². The molecule has 0 radical (unpaired) electrons. The molecule has 3 rings (SSSR count). The third-order valence-electron chi connectivity index (χ3n) is 4.52. The van der Waals surface area contributed by atoms with Crippen LogP contribution in [0, 0.1) is 23.2 Å². The molecule has 2 nitrogen and oxygen atoms in total. The second-order valence-corrected chi connectivity index (χ2v) is 6.94. The van der Waals surface area contributed by atoms with Crippen molar-refractivity contribution in [2.24, 2.45) is 11.8 Å². The van der Waals surface area contributed by atoms with Crippen molar-refractivity contribution in [1.29, 1.82) is 5.26 Å². The van der Waals surface area contributed by atoms with E-state index in [1.807, 2.05) is 24.3 Å². The first-order valence-electron chi connectivity index (χ1n) is 7.16.